The van der Waals surface area contributed by atoms with Gasteiger partial charge in [0, 0.05) is 5.69 Å². The number of aryl methyl sites for hydroxylation is 2. The highest BCUT2D eigenvalue weighted by Crippen LogP contribution is 2.30. The summed E-state index contributed by atoms with van der Waals surface area (Å²) >= 11 is 12.0. The normalized spacial score (nSPS) is 12.5. The zero-order valence-corrected chi connectivity index (χ0v) is 17.9. The van der Waals surface area contributed by atoms with Crippen LogP contribution in [0.15, 0.2) is 36.4 Å². The molecule has 5 nitrogen and oxygen atoms in total. The van der Waals surface area contributed by atoms with E-state index in [9.17, 15) is 13.2 Å². The van der Waals surface area contributed by atoms with E-state index in [1.807, 2.05) is 26.0 Å². The summed E-state index contributed by atoms with van der Waals surface area (Å²) in [6.07, 6.45) is 1.34. The smallest absolute Gasteiger partial charge is 0.248 e. The van der Waals surface area contributed by atoms with Crippen molar-refractivity contribution in [2.75, 3.05) is 15.9 Å². The molecule has 0 aliphatic carbocycles. The Hall–Kier alpha value is -1.76. The Bertz CT molecular complexity index is 961. The largest absolute Gasteiger partial charge is 0.324 e. The molecular formula is C19H22Cl2N2O3S. The molecule has 0 aliphatic rings. The number of carbonyl (C=O) groups is 1. The fourth-order valence-corrected chi connectivity index (χ4v) is 4.22. The van der Waals surface area contributed by atoms with Crippen LogP contribution in [0.3, 0.4) is 0 Å². The topological polar surface area (TPSA) is 66.5 Å². The number of rotatable bonds is 6. The minimum Gasteiger partial charge on any atom is -0.324 e. The maximum Gasteiger partial charge on any atom is 0.248 e. The number of nitrogens with zero attached hydrogens (tertiary/aromatic N) is 1. The van der Waals surface area contributed by atoms with Gasteiger partial charge in [-0.2, -0.15) is 0 Å². The van der Waals surface area contributed by atoms with Crippen molar-refractivity contribution in [3.63, 3.8) is 0 Å². The average Bonchev–Trinajstić information content (AvgIpc) is 2.57. The molecule has 2 aromatic rings. The van der Waals surface area contributed by atoms with Gasteiger partial charge in [-0.15, -0.1) is 0 Å². The van der Waals surface area contributed by atoms with Crippen LogP contribution in [-0.4, -0.2) is 26.6 Å². The lowest BCUT2D eigenvalue weighted by Gasteiger charge is -2.30. The van der Waals surface area contributed by atoms with Crippen molar-refractivity contribution in [3.05, 3.63) is 57.6 Å². The van der Waals surface area contributed by atoms with Crippen LogP contribution in [0.1, 0.15) is 24.5 Å². The molecule has 2 aromatic carbocycles. The van der Waals surface area contributed by atoms with E-state index in [1.54, 1.807) is 13.0 Å². The van der Waals surface area contributed by atoms with Crippen molar-refractivity contribution in [3.8, 4) is 0 Å². The van der Waals surface area contributed by atoms with Gasteiger partial charge in [0.05, 0.1) is 22.0 Å². The fourth-order valence-electron chi connectivity index (χ4n) is 2.73. The van der Waals surface area contributed by atoms with E-state index in [0.717, 1.165) is 21.7 Å². The molecule has 0 aliphatic heterocycles. The number of amides is 1. The summed E-state index contributed by atoms with van der Waals surface area (Å²) in [6, 6.07) is 9.09. The Morgan fingerprint density at radius 1 is 1.07 bits per heavy atom. The van der Waals surface area contributed by atoms with Crippen molar-refractivity contribution >= 4 is 50.5 Å². The van der Waals surface area contributed by atoms with Crippen LogP contribution >= 0.6 is 23.2 Å². The second-order valence-corrected chi connectivity index (χ2v) is 9.04. The molecule has 0 heterocycles. The molecule has 0 saturated carbocycles. The highest BCUT2D eigenvalue weighted by Gasteiger charge is 2.32. The number of halogens is 2. The Balaban J connectivity index is 2.40. The molecule has 1 unspecified atom stereocenters. The summed E-state index contributed by atoms with van der Waals surface area (Å²) in [5, 5.41) is 3.33. The van der Waals surface area contributed by atoms with Crippen molar-refractivity contribution in [1.29, 1.82) is 0 Å². The lowest BCUT2D eigenvalue weighted by Crippen LogP contribution is -2.47. The molecule has 1 atom stereocenters. The molecule has 0 fully saturated rings. The molecule has 2 rings (SSSR count). The number of hydrogen-bond donors (Lipinski definition) is 1. The molecule has 8 heteroatoms. The van der Waals surface area contributed by atoms with Crippen molar-refractivity contribution in [1.82, 2.24) is 0 Å². The first-order valence-corrected chi connectivity index (χ1v) is 11.0. The van der Waals surface area contributed by atoms with Gasteiger partial charge in [-0.05, 0) is 61.7 Å². The SMILES string of the molecule is CCC(C(=O)Nc1ccc(C)c(C)c1)N(c1ccc(Cl)c(Cl)c1)S(C)(=O)=O. The Labute approximate surface area is 170 Å². The van der Waals surface area contributed by atoms with Gasteiger partial charge < -0.3 is 5.32 Å². The van der Waals surface area contributed by atoms with E-state index in [2.05, 4.69) is 5.32 Å². The summed E-state index contributed by atoms with van der Waals surface area (Å²) in [4.78, 5) is 12.9. The molecule has 27 heavy (non-hydrogen) atoms. The van der Waals surface area contributed by atoms with E-state index >= 15 is 0 Å². The van der Waals surface area contributed by atoms with Crippen LogP contribution in [0.4, 0.5) is 11.4 Å². The van der Waals surface area contributed by atoms with E-state index in [4.69, 9.17) is 23.2 Å². The second-order valence-electron chi connectivity index (χ2n) is 6.37. The highest BCUT2D eigenvalue weighted by molar-refractivity contribution is 7.92. The third kappa shape index (κ3) is 5.15. The molecule has 0 bridgehead atoms. The van der Waals surface area contributed by atoms with Crippen molar-refractivity contribution in [2.24, 2.45) is 0 Å². The van der Waals surface area contributed by atoms with Crippen LogP contribution in [0.2, 0.25) is 10.0 Å². The summed E-state index contributed by atoms with van der Waals surface area (Å²) in [6.45, 7) is 5.67. The van der Waals surface area contributed by atoms with Gasteiger partial charge in [-0.3, -0.25) is 9.10 Å². The predicted octanol–water partition coefficient (Wildman–Crippen LogP) is 4.79. The van der Waals surface area contributed by atoms with E-state index in [0.29, 0.717) is 10.7 Å². The van der Waals surface area contributed by atoms with Crippen molar-refractivity contribution < 1.29 is 13.2 Å². The third-order valence-electron chi connectivity index (χ3n) is 4.26. The van der Waals surface area contributed by atoms with Crippen LogP contribution in [-0.2, 0) is 14.8 Å². The lowest BCUT2D eigenvalue weighted by atomic mass is 10.1. The first kappa shape index (κ1) is 21.5. The molecule has 0 radical (unpaired) electrons. The summed E-state index contributed by atoms with van der Waals surface area (Å²) in [5.41, 5.74) is 3.04. The molecule has 146 valence electrons. The maximum absolute atomic E-state index is 12.9. The van der Waals surface area contributed by atoms with Crippen LogP contribution in [0.25, 0.3) is 0 Å². The molecule has 0 saturated heterocycles. The monoisotopic (exact) mass is 428 g/mol. The summed E-state index contributed by atoms with van der Waals surface area (Å²) in [5.74, 6) is -0.419. The Kier molecular flexibility index (Phi) is 6.78. The van der Waals surface area contributed by atoms with Crippen molar-refractivity contribution in [2.45, 2.75) is 33.2 Å². The van der Waals surface area contributed by atoms with E-state index in [-0.39, 0.29) is 17.1 Å². The van der Waals surface area contributed by atoms with Gasteiger partial charge in [-0.1, -0.05) is 36.2 Å². The molecule has 1 amide bonds. The van der Waals surface area contributed by atoms with Crippen LogP contribution in [0.5, 0.6) is 0 Å². The first-order valence-electron chi connectivity index (χ1n) is 8.37. The standard InChI is InChI=1S/C19H22Cl2N2O3S/c1-5-18(19(24)22-14-7-6-12(2)13(3)10-14)23(27(4,25)26)15-8-9-16(20)17(21)11-15/h6-11,18H,5H2,1-4H3,(H,22,24). The number of hydrogen-bond acceptors (Lipinski definition) is 3. The van der Waals surface area contributed by atoms with Crippen LogP contribution in [0, 0.1) is 13.8 Å². The first-order chi connectivity index (χ1) is 12.5. The van der Waals surface area contributed by atoms with Crippen LogP contribution < -0.4 is 9.62 Å². The van der Waals surface area contributed by atoms with Gasteiger partial charge in [0.2, 0.25) is 15.9 Å². The summed E-state index contributed by atoms with van der Waals surface area (Å²) in [7, 11) is -3.74. The molecule has 0 aromatic heterocycles. The Morgan fingerprint density at radius 2 is 1.74 bits per heavy atom. The van der Waals surface area contributed by atoms with Gasteiger partial charge in [0.1, 0.15) is 6.04 Å². The lowest BCUT2D eigenvalue weighted by molar-refractivity contribution is -0.117. The number of benzene rings is 2. The van der Waals surface area contributed by atoms with Gasteiger partial charge >= 0.3 is 0 Å². The van der Waals surface area contributed by atoms with Gasteiger partial charge in [0.15, 0.2) is 0 Å². The zero-order valence-electron chi connectivity index (χ0n) is 15.6. The quantitative estimate of drug-likeness (QED) is 0.718. The third-order valence-corrected chi connectivity index (χ3v) is 6.18. The van der Waals surface area contributed by atoms with Gasteiger partial charge in [-0.25, -0.2) is 8.42 Å². The molecular weight excluding hydrogens is 407 g/mol. The fraction of sp³-hybridized carbons (Fsp3) is 0.316. The average molecular weight is 429 g/mol. The number of nitrogens with one attached hydrogen (secondary N) is 1. The predicted molar refractivity (Wildman–Crippen MR) is 112 cm³/mol. The zero-order chi connectivity index (χ0) is 20.4. The molecule has 0 spiro atoms. The van der Waals surface area contributed by atoms with E-state index in [1.165, 1.54) is 18.2 Å². The molecule has 1 N–H and O–H groups in total. The Morgan fingerprint density at radius 3 is 2.26 bits per heavy atom. The maximum atomic E-state index is 12.9. The number of anilines is 2. The van der Waals surface area contributed by atoms with E-state index < -0.39 is 22.0 Å². The highest BCUT2D eigenvalue weighted by atomic mass is 35.5. The van der Waals surface area contributed by atoms with Gasteiger partial charge in [0.25, 0.3) is 0 Å². The second kappa shape index (κ2) is 8.50. The number of sulfonamides is 1. The summed E-state index contributed by atoms with van der Waals surface area (Å²) < 4.78 is 26.0. The minimum absolute atomic E-state index is 0.215. The minimum atomic E-state index is -3.74. The number of carbonyl (C=O) groups excluding carboxylic acids is 1.